The Bertz CT molecular complexity index is 986. The van der Waals surface area contributed by atoms with Crippen molar-refractivity contribution in [2.45, 2.75) is 13.5 Å². The highest BCUT2D eigenvalue weighted by Crippen LogP contribution is 2.27. The van der Waals surface area contributed by atoms with Crippen LogP contribution in [0.4, 0.5) is 0 Å². The van der Waals surface area contributed by atoms with Crippen molar-refractivity contribution < 1.29 is 4.74 Å². The normalized spacial score (nSPS) is 11.1. The van der Waals surface area contributed by atoms with E-state index in [2.05, 4.69) is 35.2 Å². The second-order valence-electron chi connectivity index (χ2n) is 5.84. The lowest BCUT2D eigenvalue weighted by atomic mass is 10.1. The zero-order valence-corrected chi connectivity index (χ0v) is 13.7. The van der Waals surface area contributed by atoms with E-state index in [4.69, 9.17) is 9.72 Å². The van der Waals surface area contributed by atoms with Crippen LogP contribution in [0.15, 0.2) is 54.9 Å². The number of rotatable bonds is 4. The molecule has 0 aliphatic rings. The maximum Gasteiger partial charge on any atom is 0.138 e. The molecule has 2 aromatic carbocycles. The summed E-state index contributed by atoms with van der Waals surface area (Å²) < 4.78 is 7.37. The smallest absolute Gasteiger partial charge is 0.138 e. The number of fused-ring (bicyclic) bond motifs is 1. The minimum absolute atomic E-state index is 0.656. The third kappa shape index (κ3) is 2.65. The Kier molecular flexibility index (Phi) is 3.54. The van der Waals surface area contributed by atoms with Crippen molar-refractivity contribution in [3.05, 3.63) is 66.0 Å². The highest BCUT2D eigenvalue weighted by Gasteiger charge is 2.10. The SMILES string of the molecule is COc1ccc(-c2nc3ccc(C)cc3[nH]2)cc1Cn1cccn1. The number of nitrogens with one attached hydrogen (secondary N) is 1. The largest absolute Gasteiger partial charge is 0.496 e. The van der Waals surface area contributed by atoms with Crippen molar-refractivity contribution >= 4 is 11.0 Å². The summed E-state index contributed by atoms with van der Waals surface area (Å²) in [6.45, 7) is 2.73. The van der Waals surface area contributed by atoms with Gasteiger partial charge in [0, 0.05) is 23.5 Å². The molecule has 0 spiro atoms. The van der Waals surface area contributed by atoms with Crippen LogP contribution in [0.1, 0.15) is 11.1 Å². The molecule has 5 nitrogen and oxygen atoms in total. The first-order chi connectivity index (χ1) is 11.7. The van der Waals surface area contributed by atoms with E-state index in [0.29, 0.717) is 6.54 Å². The number of nitrogens with zero attached hydrogens (tertiary/aromatic N) is 3. The lowest BCUT2D eigenvalue weighted by Gasteiger charge is -2.10. The number of aromatic nitrogens is 4. The molecule has 0 unspecified atom stereocenters. The molecule has 0 bridgehead atoms. The van der Waals surface area contributed by atoms with Gasteiger partial charge in [0.05, 0.1) is 24.7 Å². The van der Waals surface area contributed by atoms with E-state index in [0.717, 1.165) is 33.7 Å². The predicted octanol–water partition coefficient (Wildman–Crippen LogP) is 3.79. The van der Waals surface area contributed by atoms with E-state index in [1.54, 1.807) is 13.3 Å². The first kappa shape index (κ1) is 14.5. The van der Waals surface area contributed by atoms with Gasteiger partial charge in [-0.1, -0.05) is 6.07 Å². The standard InChI is InChI=1S/C19H18N4O/c1-13-4-6-16-17(10-13)22-19(21-16)14-5-7-18(24-2)15(11-14)12-23-9-3-8-20-23/h3-11H,12H2,1-2H3,(H,21,22). The second-order valence-corrected chi connectivity index (χ2v) is 5.84. The Morgan fingerprint density at radius 1 is 1.17 bits per heavy atom. The van der Waals surface area contributed by atoms with Gasteiger partial charge in [0.2, 0.25) is 0 Å². The fourth-order valence-electron chi connectivity index (χ4n) is 2.88. The molecule has 0 atom stereocenters. The third-order valence-electron chi connectivity index (χ3n) is 4.08. The average Bonchev–Trinajstić information content (AvgIpc) is 3.23. The third-order valence-corrected chi connectivity index (χ3v) is 4.08. The summed E-state index contributed by atoms with van der Waals surface area (Å²) in [5.74, 6) is 1.71. The molecule has 0 saturated carbocycles. The van der Waals surface area contributed by atoms with Gasteiger partial charge in [-0.05, 0) is 48.9 Å². The summed E-state index contributed by atoms with van der Waals surface area (Å²) in [4.78, 5) is 8.10. The molecule has 0 radical (unpaired) electrons. The van der Waals surface area contributed by atoms with Gasteiger partial charge >= 0.3 is 0 Å². The van der Waals surface area contributed by atoms with Gasteiger partial charge in [-0.3, -0.25) is 4.68 Å². The van der Waals surface area contributed by atoms with E-state index < -0.39 is 0 Å². The van der Waals surface area contributed by atoms with Crippen molar-refractivity contribution in [3.63, 3.8) is 0 Å². The van der Waals surface area contributed by atoms with Crippen LogP contribution in [0.2, 0.25) is 0 Å². The number of aromatic amines is 1. The van der Waals surface area contributed by atoms with Gasteiger partial charge in [-0.15, -0.1) is 0 Å². The van der Waals surface area contributed by atoms with Crippen LogP contribution in [0, 0.1) is 6.92 Å². The van der Waals surface area contributed by atoms with Gasteiger partial charge in [0.15, 0.2) is 0 Å². The Labute approximate surface area is 139 Å². The minimum Gasteiger partial charge on any atom is -0.496 e. The summed E-state index contributed by atoms with van der Waals surface area (Å²) in [6.07, 6.45) is 3.72. The summed E-state index contributed by atoms with van der Waals surface area (Å²) in [5.41, 5.74) is 5.34. The van der Waals surface area contributed by atoms with E-state index in [1.807, 2.05) is 35.1 Å². The van der Waals surface area contributed by atoms with Gasteiger partial charge in [-0.2, -0.15) is 5.10 Å². The van der Waals surface area contributed by atoms with Crippen LogP contribution in [0.3, 0.4) is 0 Å². The number of imidazole rings is 1. The molecule has 2 aromatic heterocycles. The van der Waals surface area contributed by atoms with Crippen molar-refractivity contribution in [1.29, 1.82) is 0 Å². The van der Waals surface area contributed by atoms with E-state index in [-0.39, 0.29) is 0 Å². The molecule has 5 heteroatoms. The Morgan fingerprint density at radius 2 is 2.08 bits per heavy atom. The number of H-pyrrole nitrogens is 1. The van der Waals surface area contributed by atoms with E-state index in [1.165, 1.54) is 5.56 Å². The number of hydrogen-bond acceptors (Lipinski definition) is 3. The Hall–Kier alpha value is -3.08. The molecule has 4 rings (SSSR count). The molecule has 4 aromatic rings. The monoisotopic (exact) mass is 318 g/mol. The van der Waals surface area contributed by atoms with Crippen molar-refractivity contribution in [2.24, 2.45) is 0 Å². The van der Waals surface area contributed by atoms with Crippen LogP contribution in [0.5, 0.6) is 5.75 Å². The Balaban J connectivity index is 1.76. The molecule has 0 saturated heterocycles. The molecule has 2 heterocycles. The quantitative estimate of drug-likeness (QED) is 0.623. The van der Waals surface area contributed by atoms with E-state index >= 15 is 0 Å². The fourth-order valence-corrected chi connectivity index (χ4v) is 2.88. The molecular formula is C19H18N4O. The Morgan fingerprint density at radius 3 is 2.88 bits per heavy atom. The van der Waals surface area contributed by atoms with Crippen LogP contribution >= 0.6 is 0 Å². The topological polar surface area (TPSA) is 55.7 Å². The summed E-state index contributed by atoms with van der Waals surface area (Å²) in [5, 5.41) is 4.27. The van der Waals surface area contributed by atoms with Gasteiger partial charge < -0.3 is 9.72 Å². The fraction of sp³-hybridized carbons (Fsp3) is 0.158. The maximum atomic E-state index is 5.49. The van der Waals surface area contributed by atoms with Crippen LogP contribution < -0.4 is 4.74 Å². The van der Waals surface area contributed by atoms with Crippen molar-refractivity contribution in [1.82, 2.24) is 19.7 Å². The van der Waals surface area contributed by atoms with Crippen molar-refractivity contribution in [3.8, 4) is 17.1 Å². The summed E-state index contributed by atoms with van der Waals surface area (Å²) in [7, 11) is 1.69. The molecule has 120 valence electrons. The van der Waals surface area contributed by atoms with E-state index in [9.17, 15) is 0 Å². The predicted molar refractivity (Wildman–Crippen MR) is 94.1 cm³/mol. The molecule has 0 aliphatic heterocycles. The van der Waals surface area contributed by atoms with Gasteiger partial charge in [-0.25, -0.2) is 4.98 Å². The van der Waals surface area contributed by atoms with Crippen molar-refractivity contribution in [2.75, 3.05) is 7.11 Å². The highest BCUT2D eigenvalue weighted by atomic mass is 16.5. The average molecular weight is 318 g/mol. The molecule has 0 amide bonds. The zero-order chi connectivity index (χ0) is 16.5. The summed E-state index contributed by atoms with van der Waals surface area (Å²) >= 11 is 0. The number of ether oxygens (including phenoxy) is 1. The second kappa shape index (κ2) is 5.85. The minimum atomic E-state index is 0.656. The number of methoxy groups -OCH3 is 1. The lowest BCUT2D eigenvalue weighted by Crippen LogP contribution is -2.02. The first-order valence-corrected chi connectivity index (χ1v) is 7.84. The first-order valence-electron chi connectivity index (χ1n) is 7.84. The maximum absolute atomic E-state index is 5.49. The van der Waals surface area contributed by atoms with Crippen LogP contribution in [0.25, 0.3) is 22.4 Å². The summed E-state index contributed by atoms with van der Waals surface area (Å²) in [6, 6.07) is 14.2. The molecule has 0 aliphatic carbocycles. The number of benzene rings is 2. The number of hydrogen-bond donors (Lipinski definition) is 1. The van der Waals surface area contributed by atoms with Gasteiger partial charge in [0.25, 0.3) is 0 Å². The van der Waals surface area contributed by atoms with Crippen LogP contribution in [-0.2, 0) is 6.54 Å². The molecule has 24 heavy (non-hydrogen) atoms. The number of aryl methyl sites for hydroxylation is 1. The molecule has 1 N–H and O–H groups in total. The molecule has 0 fully saturated rings. The molecular weight excluding hydrogens is 300 g/mol. The van der Waals surface area contributed by atoms with Crippen LogP contribution in [-0.4, -0.2) is 26.9 Å². The van der Waals surface area contributed by atoms with Gasteiger partial charge in [0.1, 0.15) is 11.6 Å². The lowest BCUT2D eigenvalue weighted by molar-refractivity contribution is 0.407. The highest BCUT2D eigenvalue weighted by molar-refractivity contribution is 5.80. The zero-order valence-electron chi connectivity index (χ0n) is 13.7.